The van der Waals surface area contributed by atoms with Crippen molar-refractivity contribution in [2.75, 3.05) is 27.7 Å². The molecule has 19 heavy (non-hydrogen) atoms. The quantitative estimate of drug-likeness (QED) is 0.469. The minimum absolute atomic E-state index is 0.670. The van der Waals surface area contributed by atoms with E-state index in [1.807, 2.05) is 0 Å². The van der Waals surface area contributed by atoms with E-state index in [1.54, 1.807) is 0 Å². The van der Waals surface area contributed by atoms with Crippen LogP contribution in [0.15, 0.2) is 0 Å². The largest absolute Gasteiger partial charge is 0.316 e. The fourth-order valence-corrected chi connectivity index (χ4v) is 2.65. The molecule has 1 N–H and O–H groups in total. The standard InChI is InChI=1S/C17H38N2/c1-5-6-7-8-9-10-11-12-13-14-15-17(18-2)16-19(3)4/h17-18H,5-16H2,1-4H3. The van der Waals surface area contributed by atoms with Gasteiger partial charge in [0, 0.05) is 12.6 Å². The summed E-state index contributed by atoms with van der Waals surface area (Å²) in [6.07, 6.45) is 15.6. The van der Waals surface area contributed by atoms with Gasteiger partial charge in [-0.15, -0.1) is 0 Å². The molecular weight excluding hydrogens is 232 g/mol. The molecule has 116 valence electrons. The molecule has 0 aromatic carbocycles. The Labute approximate surface area is 122 Å². The summed E-state index contributed by atoms with van der Waals surface area (Å²) < 4.78 is 0. The van der Waals surface area contributed by atoms with Gasteiger partial charge in [0.25, 0.3) is 0 Å². The average Bonchev–Trinajstić information content (AvgIpc) is 2.39. The fraction of sp³-hybridized carbons (Fsp3) is 1.00. The van der Waals surface area contributed by atoms with Crippen molar-refractivity contribution in [3.8, 4) is 0 Å². The van der Waals surface area contributed by atoms with Gasteiger partial charge in [-0.1, -0.05) is 71.1 Å². The van der Waals surface area contributed by atoms with E-state index in [0.717, 1.165) is 6.54 Å². The van der Waals surface area contributed by atoms with Gasteiger partial charge >= 0.3 is 0 Å². The summed E-state index contributed by atoms with van der Waals surface area (Å²) in [6.45, 7) is 3.45. The predicted molar refractivity (Wildman–Crippen MR) is 87.9 cm³/mol. The molecule has 0 radical (unpaired) electrons. The molecule has 0 spiro atoms. The van der Waals surface area contributed by atoms with E-state index in [-0.39, 0.29) is 0 Å². The van der Waals surface area contributed by atoms with Crippen molar-refractivity contribution in [3.63, 3.8) is 0 Å². The lowest BCUT2D eigenvalue weighted by molar-refractivity contribution is 0.331. The zero-order valence-corrected chi connectivity index (χ0v) is 14.0. The Balaban J connectivity index is 3.21. The molecule has 0 heterocycles. The summed E-state index contributed by atoms with van der Waals surface area (Å²) in [5.74, 6) is 0. The summed E-state index contributed by atoms with van der Waals surface area (Å²) in [6, 6.07) is 0.670. The minimum atomic E-state index is 0.670. The van der Waals surface area contributed by atoms with Gasteiger partial charge in [-0.25, -0.2) is 0 Å². The maximum Gasteiger partial charge on any atom is 0.0191 e. The van der Waals surface area contributed by atoms with Crippen LogP contribution in [-0.4, -0.2) is 38.6 Å². The second-order valence-electron chi connectivity index (χ2n) is 6.22. The van der Waals surface area contributed by atoms with Crippen LogP contribution in [0.3, 0.4) is 0 Å². The summed E-state index contributed by atoms with van der Waals surface area (Å²) in [4.78, 5) is 2.28. The molecular formula is C17H38N2. The van der Waals surface area contributed by atoms with Gasteiger partial charge in [0.1, 0.15) is 0 Å². The van der Waals surface area contributed by atoms with E-state index in [9.17, 15) is 0 Å². The van der Waals surface area contributed by atoms with Crippen LogP contribution < -0.4 is 5.32 Å². The lowest BCUT2D eigenvalue weighted by atomic mass is 10.0. The third kappa shape index (κ3) is 14.1. The van der Waals surface area contributed by atoms with Crippen LogP contribution in [0.2, 0.25) is 0 Å². The summed E-state index contributed by atoms with van der Waals surface area (Å²) in [7, 11) is 6.40. The molecule has 0 aromatic rings. The van der Waals surface area contributed by atoms with Gasteiger partial charge in [0.05, 0.1) is 0 Å². The zero-order chi connectivity index (χ0) is 14.3. The fourth-order valence-electron chi connectivity index (χ4n) is 2.65. The first-order valence-corrected chi connectivity index (χ1v) is 8.52. The first kappa shape index (κ1) is 18.9. The summed E-state index contributed by atoms with van der Waals surface area (Å²) in [5, 5.41) is 3.42. The second kappa shape index (κ2) is 14.3. The van der Waals surface area contributed by atoms with E-state index < -0.39 is 0 Å². The first-order chi connectivity index (χ1) is 9.20. The molecule has 2 nitrogen and oxygen atoms in total. The van der Waals surface area contributed by atoms with Crippen LogP contribution in [-0.2, 0) is 0 Å². The molecule has 0 aliphatic heterocycles. The van der Waals surface area contributed by atoms with Gasteiger partial charge in [-0.3, -0.25) is 0 Å². The topological polar surface area (TPSA) is 15.3 Å². The Bertz CT molecular complexity index is 169. The smallest absolute Gasteiger partial charge is 0.0191 e. The van der Waals surface area contributed by atoms with Crippen LogP contribution in [0, 0.1) is 0 Å². The Kier molecular flexibility index (Phi) is 14.3. The molecule has 0 aliphatic rings. The monoisotopic (exact) mass is 270 g/mol. The van der Waals surface area contributed by atoms with Gasteiger partial charge in [-0.05, 0) is 27.6 Å². The number of unbranched alkanes of at least 4 members (excludes halogenated alkanes) is 9. The Morgan fingerprint density at radius 2 is 1.26 bits per heavy atom. The maximum atomic E-state index is 3.42. The molecule has 0 aromatic heterocycles. The number of likely N-dealkylation sites (N-methyl/N-ethyl adjacent to an activating group) is 2. The Hall–Kier alpha value is -0.0800. The molecule has 1 atom stereocenters. The first-order valence-electron chi connectivity index (χ1n) is 8.52. The van der Waals surface area contributed by atoms with E-state index >= 15 is 0 Å². The van der Waals surface area contributed by atoms with Gasteiger partial charge < -0.3 is 10.2 Å². The highest BCUT2D eigenvalue weighted by Gasteiger charge is 2.06. The van der Waals surface area contributed by atoms with Crippen molar-refractivity contribution in [1.29, 1.82) is 0 Å². The molecule has 0 bridgehead atoms. The summed E-state index contributed by atoms with van der Waals surface area (Å²) in [5.41, 5.74) is 0. The SMILES string of the molecule is CCCCCCCCCCCCC(CN(C)C)NC. The highest BCUT2D eigenvalue weighted by Crippen LogP contribution is 2.12. The number of nitrogens with one attached hydrogen (secondary N) is 1. The van der Waals surface area contributed by atoms with E-state index in [4.69, 9.17) is 0 Å². The molecule has 0 fully saturated rings. The van der Waals surface area contributed by atoms with Crippen LogP contribution in [0.5, 0.6) is 0 Å². The van der Waals surface area contributed by atoms with Crippen molar-refractivity contribution >= 4 is 0 Å². The predicted octanol–water partition coefficient (Wildman–Crippen LogP) is 4.45. The number of hydrogen-bond donors (Lipinski definition) is 1. The van der Waals surface area contributed by atoms with Crippen LogP contribution in [0.25, 0.3) is 0 Å². The molecule has 0 saturated carbocycles. The molecule has 0 aliphatic carbocycles. The highest BCUT2D eigenvalue weighted by molar-refractivity contribution is 4.67. The Morgan fingerprint density at radius 1 is 0.789 bits per heavy atom. The number of nitrogens with zero attached hydrogens (tertiary/aromatic N) is 1. The van der Waals surface area contributed by atoms with Gasteiger partial charge in [0.2, 0.25) is 0 Å². The molecule has 0 rings (SSSR count). The Morgan fingerprint density at radius 3 is 1.68 bits per heavy atom. The molecule has 1 unspecified atom stereocenters. The van der Waals surface area contributed by atoms with E-state index in [0.29, 0.717) is 6.04 Å². The maximum absolute atomic E-state index is 3.42. The van der Waals surface area contributed by atoms with Gasteiger partial charge in [0.15, 0.2) is 0 Å². The van der Waals surface area contributed by atoms with Crippen molar-refractivity contribution < 1.29 is 0 Å². The molecule has 0 saturated heterocycles. The van der Waals surface area contributed by atoms with Crippen LogP contribution in [0.1, 0.15) is 77.6 Å². The highest BCUT2D eigenvalue weighted by atomic mass is 15.1. The lowest BCUT2D eigenvalue weighted by Crippen LogP contribution is -2.35. The zero-order valence-electron chi connectivity index (χ0n) is 14.0. The van der Waals surface area contributed by atoms with Crippen LogP contribution in [0.4, 0.5) is 0 Å². The normalized spacial score (nSPS) is 13.1. The van der Waals surface area contributed by atoms with Crippen molar-refractivity contribution in [2.45, 2.75) is 83.6 Å². The lowest BCUT2D eigenvalue weighted by Gasteiger charge is -2.20. The third-order valence-corrected chi connectivity index (χ3v) is 3.90. The van der Waals surface area contributed by atoms with Crippen molar-refractivity contribution in [3.05, 3.63) is 0 Å². The van der Waals surface area contributed by atoms with Gasteiger partial charge in [-0.2, -0.15) is 0 Å². The second-order valence-corrected chi connectivity index (χ2v) is 6.22. The van der Waals surface area contributed by atoms with Crippen molar-refractivity contribution in [2.24, 2.45) is 0 Å². The number of hydrogen-bond acceptors (Lipinski definition) is 2. The number of rotatable bonds is 14. The minimum Gasteiger partial charge on any atom is -0.316 e. The van der Waals surface area contributed by atoms with E-state index in [2.05, 4.69) is 38.3 Å². The molecule has 0 amide bonds. The summed E-state index contributed by atoms with van der Waals surface area (Å²) >= 11 is 0. The third-order valence-electron chi connectivity index (χ3n) is 3.90. The average molecular weight is 271 g/mol. The van der Waals surface area contributed by atoms with E-state index in [1.165, 1.54) is 70.6 Å². The molecule has 2 heteroatoms. The van der Waals surface area contributed by atoms with Crippen LogP contribution >= 0.6 is 0 Å². The van der Waals surface area contributed by atoms with Crippen molar-refractivity contribution in [1.82, 2.24) is 10.2 Å².